The quantitative estimate of drug-likeness (QED) is 0.294. The molecule has 1 saturated heterocycles. The summed E-state index contributed by atoms with van der Waals surface area (Å²) in [5, 5.41) is 9.23. The van der Waals surface area contributed by atoms with Crippen molar-refractivity contribution in [1.29, 1.82) is 5.26 Å². The number of hydrogen-bond donors (Lipinski definition) is 0. The van der Waals surface area contributed by atoms with Gasteiger partial charge in [0.05, 0.1) is 33.1 Å². The Hall–Kier alpha value is -3.51. The summed E-state index contributed by atoms with van der Waals surface area (Å²) in [5.74, 6) is -0.174. The van der Waals surface area contributed by atoms with Gasteiger partial charge < -0.3 is 9.47 Å². The molecule has 4 rings (SSSR count). The van der Waals surface area contributed by atoms with Crippen LogP contribution in [0.3, 0.4) is 0 Å². The molecule has 1 aliphatic rings. The predicted molar refractivity (Wildman–Crippen MR) is 137 cm³/mol. The lowest BCUT2D eigenvalue weighted by molar-refractivity contribution is -0.123. The molecule has 1 heterocycles. The summed E-state index contributed by atoms with van der Waals surface area (Å²) in [6.45, 7) is 0.203. The number of carbonyl (C=O) groups excluding carboxylic acids is 2. The number of halogens is 3. The number of benzene rings is 3. The molecule has 36 heavy (non-hydrogen) atoms. The smallest absolute Gasteiger partial charge is 0.293 e. The fourth-order valence-corrected chi connectivity index (χ4v) is 4.81. The topological polar surface area (TPSA) is 79.6 Å². The molecule has 2 amide bonds. The van der Waals surface area contributed by atoms with Gasteiger partial charge in [0.2, 0.25) is 0 Å². The van der Waals surface area contributed by atoms with Crippen LogP contribution in [-0.4, -0.2) is 29.2 Å². The van der Waals surface area contributed by atoms with Gasteiger partial charge in [-0.15, -0.1) is 0 Å². The molecule has 0 radical (unpaired) electrons. The van der Waals surface area contributed by atoms with Crippen molar-refractivity contribution in [3.05, 3.63) is 98.1 Å². The van der Waals surface area contributed by atoms with E-state index in [1.807, 2.05) is 0 Å². The van der Waals surface area contributed by atoms with Gasteiger partial charge in [0.15, 0.2) is 5.75 Å². The second kappa shape index (κ2) is 11.5. The molecule has 10 heteroatoms. The summed E-state index contributed by atoms with van der Waals surface area (Å²) < 4.78 is 24.2. The van der Waals surface area contributed by atoms with Gasteiger partial charge in [-0.3, -0.25) is 14.5 Å². The molecule has 6 nitrogen and oxygen atoms in total. The summed E-state index contributed by atoms with van der Waals surface area (Å²) in [6.07, 6.45) is 1.53. The van der Waals surface area contributed by atoms with Crippen LogP contribution in [0.25, 0.3) is 6.08 Å². The first-order valence-corrected chi connectivity index (χ1v) is 12.2. The molecule has 3 aromatic carbocycles. The molecule has 0 aromatic heterocycles. The fourth-order valence-electron chi connectivity index (χ4n) is 3.34. The molecular weight excluding hydrogens is 526 g/mol. The molecule has 0 aliphatic carbocycles. The maximum Gasteiger partial charge on any atom is 0.293 e. The second-order valence-electron chi connectivity index (χ2n) is 7.51. The van der Waals surface area contributed by atoms with Crippen LogP contribution in [0.2, 0.25) is 10.0 Å². The van der Waals surface area contributed by atoms with Crippen molar-refractivity contribution in [1.82, 2.24) is 4.90 Å². The van der Waals surface area contributed by atoms with Gasteiger partial charge in [-0.25, -0.2) is 4.39 Å². The molecule has 0 bridgehead atoms. The minimum absolute atomic E-state index is 0.0395. The average Bonchev–Trinajstić information content (AvgIpc) is 3.12. The molecule has 0 spiro atoms. The van der Waals surface area contributed by atoms with Gasteiger partial charge in [0.1, 0.15) is 24.8 Å². The van der Waals surface area contributed by atoms with Gasteiger partial charge in [-0.2, -0.15) is 5.26 Å². The van der Waals surface area contributed by atoms with Crippen LogP contribution < -0.4 is 9.47 Å². The number of amides is 2. The Morgan fingerprint density at radius 2 is 1.72 bits per heavy atom. The molecular formula is C26H17Cl2FN2O4S. The highest BCUT2D eigenvalue weighted by Gasteiger charge is 2.34. The number of nitriles is 1. The van der Waals surface area contributed by atoms with E-state index in [1.165, 1.54) is 30.3 Å². The van der Waals surface area contributed by atoms with E-state index >= 15 is 0 Å². The lowest BCUT2D eigenvalue weighted by Crippen LogP contribution is -2.32. The van der Waals surface area contributed by atoms with Gasteiger partial charge in [0, 0.05) is 5.56 Å². The minimum atomic E-state index is -0.464. The van der Waals surface area contributed by atoms with Crippen molar-refractivity contribution in [3.8, 4) is 17.6 Å². The first-order valence-electron chi connectivity index (χ1n) is 10.6. The zero-order chi connectivity index (χ0) is 25.7. The van der Waals surface area contributed by atoms with Gasteiger partial charge in [0.25, 0.3) is 11.1 Å². The van der Waals surface area contributed by atoms with E-state index in [1.54, 1.807) is 36.4 Å². The monoisotopic (exact) mass is 542 g/mol. The van der Waals surface area contributed by atoms with Crippen LogP contribution in [0.1, 0.15) is 16.7 Å². The van der Waals surface area contributed by atoms with Crippen LogP contribution >= 0.6 is 35.0 Å². The van der Waals surface area contributed by atoms with E-state index in [0.717, 1.165) is 16.7 Å². The van der Waals surface area contributed by atoms with Crippen molar-refractivity contribution in [2.45, 2.75) is 6.61 Å². The molecule has 182 valence electrons. The van der Waals surface area contributed by atoms with E-state index in [2.05, 4.69) is 6.07 Å². The van der Waals surface area contributed by atoms with Crippen LogP contribution in [0.5, 0.6) is 11.5 Å². The number of hydrogen-bond acceptors (Lipinski definition) is 6. The third-order valence-electron chi connectivity index (χ3n) is 5.10. The Balaban J connectivity index is 1.42. The Labute approximate surface area is 220 Å². The summed E-state index contributed by atoms with van der Waals surface area (Å²) in [5.41, 5.74) is 1.69. The highest BCUT2D eigenvalue weighted by Crippen LogP contribution is 2.38. The van der Waals surface area contributed by atoms with Crippen molar-refractivity contribution in [2.75, 3.05) is 13.2 Å². The second-order valence-corrected chi connectivity index (χ2v) is 9.31. The summed E-state index contributed by atoms with van der Waals surface area (Å²) >= 11 is 13.6. The third-order valence-corrected chi connectivity index (χ3v) is 6.57. The summed E-state index contributed by atoms with van der Waals surface area (Å²) in [4.78, 5) is 26.4. The Morgan fingerprint density at radius 3 is 2.42 bits per heavy atom. The Bertz CT molecular complexity index is 1370. The molecule has 1 fully saturated rings. The Morgan fingerprint density at radius 1 is 1.03 bits per heavy atom. The van der Waals surface area contributed by atoms with Crippen LogP contribution in [0.15, 0.2) is 65.6 Å². The van der Waals surface area contributed by atoms with E-state index in [0.29, 0.717) is 22.4 Å². The normalized spacial score (nSPS) is 14.3. The van der Waals surface area contributed by atoms with Gasteiger partial charge in [-0.05, 0) is 65.9 Å². The molecule has 0 unspecified atom stereocenters. The molecule has 0 atom stereocenters. The number of ether oxygens (including phenoxy) is 2. The molecule has 0 saturated carbocycles. The van der Waals surface area contributed by atoms with Crippen LogP contribution in [0, 0.1) is 17.1 Å². The lowest BCUT2D eigenvalue weighted by Gasteiger charge is -2.13. The van der Waals surface area contributed by atoms with Crippen LogP contribution in [-0.2, 0) is 11.4 Å². The highest BCUT2D eigenvalue weighted by atomic mass is 35.5. The molecule has 0 N–H and O–H groups in total. The number of thioether (sulfide) groups is 1. The zero-order valence-corrected chi connectivity index (χ0v) is 20.9. The summed E-state index contributed by atoms with van der Waals surface area (Å²) in [6, 6.07) is 17.7. The number of carbonyl (C=O) groups is 2. The van der Waals surface area contributed by atoms with Gasteiger partial charge in [-0.1, -0.05) is 41.4 Å². The molecule has 1 aliphatic heterocycles. The maximum atomic E-state index is 13.0. The largest absolute Gasteiger partial charge is 0.492 e. The first kappa shape index (κ1) is 25.6. The van der Waals surface area contributed by atoms with E-state index in [-0.39, 0.29) is 46.3 Å². The predicted octanol–water partition coefficient (Wildman–Crippen LogP) is 6.70. The maximum absolute atomic E-state index is 13.0. The molecule has 3 aromatic rings. The van der Waals surface area contributed by atoms with E-state index in [9.17, 15) is 19.2 Å². The SMILES string of the molecule is N#Cc1ccccc1COc1c(Cl)cc(/C=C2\SC(=O)N(CCOc3ccc(F)cc3)C2=O)cc1Cl. The number of imide groups is 1. The minimum Gasteiger partial charge on any atom is -0.492 e. The van der Waals surface area contributed by atoms with Crippen molar-refractivity contribution >= 4 is 52.2 Å². The number of nitrogens with zero attached hydrogens (tertiary/aromatic N) is 2. The number of rotatable bonds is 8. The highest BCUT2D eigenvalue weighted by molar-refractivity contribution is 8.18. The van der Waals surface area contributed by atoms with E-state index < -0.39 is 11.1 Å². The zero-order valence-electron chi connectivity index (χ0n) is 18.5. The lowest BCUT2D eigenvalue weighted by atomic mass is 10.1. The fraction of sp³-hybridized carbons (Fsp3) is 0.115. The van der Waals surface area contributed by atoms with Gasteiger partial charge >= 0.3 is 0 Å². The van der Waals surface area contributed by atoms with E-state index in [4.69, 9.17) is 32.7 Å². The average molecular weight is 543 g/mol. The third kappa shape index (κ3) is 6.00. The first-order chi connectivity index (χ1) is 17.4. The van der Waals surface area contributed by atoms with Crippen LogP contribution in [0.4, 0.5) is 9.18 Å². The Kier molecular flexibility index (Phi) is 8.16. The van der Waals surface area contributed by atoms with Crippen molar-refractivity contribution in [2.24, 2.45) is 0 Å². The van der Waals surface area contributed by atoms with Crippen molar-refractivity contribution < 1.29 is 23.5 Å². The standard InChI is InChI=1S/C26H17Cl2FN2O4S/c27-21-11-16(12-22(28)24(21)35-15-18-4-2-1-3-17(18)14-30)13-23-25(32)31(26(33)36-23)9-10-34-20-7-5-19(29)6-8-20/h1-8,11-13H,9-10,15H2/b23-13-. The van der Waals surface area contributed by atoms with Crippen molar-refractivity contribution in [3.63, 3.8) is 0 Å². The summed E-state index contributed by atoms with van der Waals surface area (Å²) in [7, 11) is 0.